The number of carbonyl (C=O) groups excluding carboxylic acids is 9. The molecule has 9 amide bonds. The molecule has 2 unspecified atom stereocenters. The number of rotatable bonds is 47. The van der Waals surface area contributed by atoms with E-state index in [2.05, 4.69) is 21.3 Å². The Morgan fingerprint density at radius 3 is 1.79 bits per heavy atom. The van der Waals surface area contributed by atoms with Crippen molar-refractivity contribution in [2.75, 3.05) is 175 Å². The quantitative estimate of drug-likeness (QED) is 0.0140. The van der Waals surface area contributed by atoms with Crippen LogP contribution in [0.3, 0.4) is 0 Å². The second-order valence-electron chi connectivity index (χ2n) is 26.0. The summed E-state index contributed by atoms with van der Waals surface area (Å²) in [5.41, 5.74) is 2.17. The lowest BCUT2D eigenvalue weighted by Gasteiger charge is -2.31. The molecular weight excluding hydrogens is 1400 g/mol. The Morgan fingerprint density at radius 2 is 1.22 bits per heavy atom. The van der Waals surface area contributed by atoms with Gasteiger partial charge in [0, 0.05) is 68.5 Å². The Morgan fingerprint density at radius 1 is 0.664 bits per heavy atom. The molecule has 0 saturated carbocycles. The molecule has 588 valence electrons. The highest BCUT2D eigenvalue weighted by Crippen LogP contribution is 2.43. The zero-order chi connectivity index (χ0) is 76.8. The molecule has 8 rings (SSSR count). The minimum absolute atomic E-state index is 0.0263. The van der Waals surface area contributed by atoms with Gasteiger partial charge in [0.05, 0.1) is 175 Å². The number of methoxy groups -OCH3 is 2. The number of imide groups is 1. The molecule has 3 aromatic rings. The van der Waals surface area contributed by atoms with E-state index >= 15 is 0 Å². The monoisotopic (exact) mass is 1500 g/mol. The van der Waals surface area contributed by atoms with Crippen molar-refractivity contribution in [1.82, 2.24) is 30.3 Å². The third kappa shape index (κ3) is 24.7. The predicted molar refractivity (Wildman–Crippen MR) is 384 cm³/mol. The second-order valence-corrected chi connectivity index (χ2v) is 26.0. The third-order valence-corrected chi connectivity index (χ3v) is 17.7. The van der Waals surface area contributed by atoms with Gasteiger partial charge in [-0.3, -0.25) is 53.2 Å². The number of aliphatic hydroxyl groups excluding tert-OH is 1. The molecule has 8 N–H and O–H groups in total. The number of benzene rings is 3. The normalized spacial score (nSPS) is 18.3. The topological polar surface area (TPSA) is 404 Å². The van der Waals surface area contributed by atoms with Crippen molar-refractivity contribution >= 4 is 70.4 Å². The molecule has 107 heavy (non-hydrogen) atoms. The molecule has 5 aliphatic heterocycles. The van der Waals surface area contributed by atoms with Gasteiger partial charge >= 0.3 is 6.09 Å². The summed E-state index contributed by atoms with van der Waals surface area (Å²) in [6.07, 6.45) is 3.42. The van der Waals surface area contributed by atoms with Crippen LogP contribution in [0, 0.1) is 5.92 Å². The number of nitrogens with one attached hydrogen (secondary N) is 4. The van der Waals surface area contributed by atoms with Crippen molar-refractivity contribution in [3.05, 3.63) is 88.8 Å². The average molecular weight is 1500 g/mol. The van der Waals surface area contributed by atoms with Crippen molar-refractivity contribution < 1.29 is 115 Å². The standard InChI is InChI=1S/C73H102N10O24/c1-48-36-58-71(92)83(57-41-62(60(96-6)39-55(57)69(90)80(58)43-48)106-19-9-7-8-18-105-61-40-56-54(38-59(61)95-5)70(91)81-44-49(2)42-73(81,94)47-76-56)72(93)107-46-52-10-12-53(13-11-52)78-67(88)51(4)77-64(85)45-82(74)65(86)15-20-97-22-24-99-26-28-101-30-32-103-34-35-104-33-31-102-29-27-100-25-23-98-21-16-75-63(84)14-17-79-66(87)37-50(3)68(79)89/h10-13,38-41,43-44,50-51,58,71,76,92,94H,7-9,14-37,42,45-47,74H2,1-6H3,(H,75,84)(H,77,85)(H,78,88)/t50?,51-,58-,71-,73?/m0/s1. The average Bonchev–Trinajstić information content (AvgIpc) is 1.63. The van der Waals surface area contributed by atoms with Gasteiger partial charge in [-0.2, -0.15) is 0 Å². The van der Waals surface area contributed by atoms with Gasteiger partial charge < -0.3 is 98.0 Å². The first-order chi connectivity index (χ1) is 51.6. The van der Waals surface area contributed by atoms with E-state index in [1.807, 2.05) is 13.8 Å². The van der Waals surface area contributed by atoms with Gasteiger partial charge in [0.1, 0.15) is 19.2 Å². The lowest BCUT2D eigenvalue weighted by molar-refractivity contribution is -0.139. The highest BCUT2D eigenvalue weighted by molar-refractivity contribution is 6.07. The summed E-state index contributed by atoms with van der Waals surface area (Å²) < 4.78 is 73.3. The van der Waals surface area contributed by atoms with Crippen LogP contribution in [0.25, 0.3) is 0 Å². The maximum Gasteiger partial charge on any atom is 0.416 e. The zero-order valence-electron chi connectivity index (χ0n) is 61.7. The summed E-state index contributed by atoms with van der Waals surface area (Å²) in [5, 5.41) is 35.0. The summed E-state index contributed by atoms with van der Waals surface area (Å²) >= 11 is 0. The maximum atomic E-state index is 14.2. The number of hydrogen-bond acceptors (Lipinski definition) is 26. The van der Waals surface area contributed by atoms with Crippen LogP contribution in [0.15, 0.2) is 72.1 Å². The largest absolute Gasteiger partial charge is 0.493 e. The van der Waals surface area contributed by atoms with E-state index in [4.69, 9.17) is 67.4 Å². The van der Waals surface area contributed by atoms with E-state index in [0.29, 0.717) is 159 Å². The Hall–Kier alpha value is -9.07. The van der Waals surface area contributed by atoms with E-state index < -0.39 is 60.3 Å². The molecular formula is C73H102N10O24. The second kappa shape index (κ2) is 42.5. The molecule has 3 aromatic carbocycles. The van der Waals surface area contributed by atoms with E-state index in [9.17, 15) is 53.4 Å². The zero-order valence-corrected chi connectivity index (χ0v) is 61.7. The highest BCUT2D eigenvalue weighted by Gasteiger charge is 2.47. The van der Waals surface area contributed by atoms with Crippen molar-refractivity contribution in [2.24, 2.45) is 11.8 Å². The van der Waals surface area contributed by atoms with Crippen LogP contribution in [-0.2, 0) is 78.0 Å². The van der Waals surface area contributed by atoms with Crippen molar-refractivity contribution in [3.8, 4) is 23.0 Å². The van der Waals surface area contributed by atoms with Crippen LogP contribution in [0.2, 0.25) is 0 Å². The summed E-state index contributed by atoms with van der Waals surface area (Å²) in [7, 11) is 2.92. The summed E-state index contributed by atoms with van der Waals surface area (Å²) in [6.45, 7) is 12.4. The van der Waals surface area contributed by atoms with Gasteiger partial charge in [0.25, 0.3) is 11.8 Å². The smallest absolute Gasteiger partial charge is 0.416 e. The highest BCUT2D eigenvalue weighted by atomic mass is 16.6. The first kappa shape index (κ1) is 83.6. The van der Waals surface area contributed by atoms with Crippen LogP contribution in [0.1, 0.15) is 105 Å². The van der Waals surface area contributed by atoms with Gasteiger partial charge in [-0.25, -0.2) is 15.5 Å². The molecule has 1 fully saturated rings. The molecule has 0 bridgehead atoms. The molecule has 5 heterocycles. The van der Waals surface area contributed by atoms with Gasteiger partial charge in [0.2, 0.25) is 35.4 Å². The number of nitrogens with two attached hydrogens (primary N) is 1. The van der Waals surface area contributed by atoms with Crippen LogP contribution in [0.5, 0.6) is 23.0 Å². The predicted octanol–water partition coefficient (Wildman–Crippen LogP) is 3.36. The Labute approximate surface area is 621 Å². The number of likely N-dealkylation sites (tertiary alicyclic amines) is 1. The number of fused-ring (bicyclic) bond motifs is 4. The van der Waals surface area contributed by atoms with Crippen molar-refractivity contribution in [3.63, 3.8) is 0 Å². The minimum atomic E-state index is -1.54. The van der Waals surface area contributed by atoms with Crippen LogP contribution >= 0.6 is 0 Å². The number of amides is 9. The van der Waals surface area contributed by atoms with Crippen LogP contribution in [0.4, 0.5) is 21.9 Å². The first-order valence-corrected chi connectivity index (χ1v) is 35.9. The molecule has 5 atom stereocenters. The van der Waals surface area contributed by atoms with Crippen molar-refractivity contribution in [1.29, 1.82) is 0 Å². The van der Waals surface area contributed by atoms with Crippen LogP contribution < -0.4 is 51.0 Å². The summed E-state index contributed by atoms with van der Waals surface area (Å²) in [5.74, 6) is 3.42. The number of nitrogens with zero attached hydrogens (tertiary/aromatic N) is 5. The molecule has 1 saturated heterocycles. The van der Waals surface area contributed by atoms with Gasteiger partial charge in [0.15, 0.2) is 35.0 Å². The fourth-order valence-corrected chi connectivity index (χ4v) is 12.0. The third-order valence-electron chi connectivity index (χ3n) is 17.7. The first-order valence-electron chi connectivity index (χ1n) is 35.9. The van der Waals surface area contributed by atoms with Crippen molar-refractivity contribution in [2.45, 2.75) is 110 Å². The molecule has 0 aromatic heterocycles. The van der Waals surface area contributed by atoms with E-state index in [0.717, 1.165) is 26.0 Å². The van der Waals surface area contributed by atoms with Gasteiger partial charge in [-0.15, -0.1) is 0 Å². The number of unbranched alkanes of at least 4 members (excludes halogenated alkanes) is 2. The number of ether oxygens (including phenoxy) is 13. The fourth-order valence-electron chi connectivity index (χ4n) is 12.0. The molecule has 0 aliphatic carbocycles. The summed E-state index contributed by atoms with van der Waals surface area (Å²) in [6, 6.07) is 10.7. The molecule has 34 nitrogen and oxygen atoms in total. The minimum Gasteiger partial charge on any atom is -0.493 e. The number of carbonyl (C=O) groups is 9. The molecule has 0 radical (unpaired) electrons. The fraction of sp³-hybridized carbons (Fsp3) is 0.575. The number of hydrogen-bond donors (Lipinski definition) is 7. The molecule has 5 aliphatic rings. The van der Waals surface area contributed by atoms with E-state index in [-0.39, 0.29) is 124 Å². The number of β-amino-alcohol motifs (C(OH)–C–C–N with tert-alkyl or cyclic N) is 1. The molecule has 0 spiro atoms. The number of anilines is 3. The lowest BCUT2D eigenvalue weighted by atomic mass is 10.1. The van der Waals surface area contributed by atoms with E-state index in [1.54, 1.807) is 55.7 Å². The van der Waals surface area contributed by atoms with E-state index in [1.165, 1.54) is 43.1 Å². The number of hydrazine groups is 1. The maximum absolute atomic E-state index is 14.2. The van der Waals surface area contributed by atoms with Gasteiger partial charge in [-0.1, -0.05) is 30.2 Å². The number of aliphatic hydroxyl groups is 2. The summed E-state index contributed by atoms with van der Waals surface area (Å²) in [4.78, 5) is 121. The SMILES string of the molecule is COc1cc2c(cc1OCCCCCOc1cc3c(cc1OC)C(=O)N1C=C(C)C[C@H]1[C@H](O)N3C(=O)OCc1ccc(NC(=O)[C@H](C)NC(=O)CN(N)C(=O)CCOCCOCCOCCOCCOCCOCCOCCOCCNC(=O)CCN3C(=O)CC(C)C3=O)cc1)NCC1(O)CC(C)=CN1C2=O. The Bertz CT molecular complexity index is 3580. The van der Waals surface area contributed by atoms with Crippen LogP contribution in [-0.4, -0.2) is 267 Å². The Kier molecular flexibility index (Phi) is 33.2. The lowest BCUT2D eigenvalue weighted by Crippen LogP contribution is -2.50. The Balaban J connectivity index is 0.633. The molecule has 34 heteroatoms. The van der Waals surface area contributed by atoms with Gasteiger partial charge in [-0.05, 0) is 76.3 Å².